The molecule has 0 spiro atoms. The first-order chi connectivity index (χ1) is 8.36. The standard InChI is InChI=1S/C15H20N2/c1-2-3-6-11-17-12-13(9-10-16)14-7-4-5-8-15(14)17/h4-5,7-8,13H,6,9-12,16H2,1H3. The second-order valence-corrected chi connectivity index (χ2v) is 4.46. The van der Waals surface area contributed by atoms with Crippen LogP contribution in [0.5, 0.6) is 0 Å². The van der Waals surface area contributed by atoms with Gasteiger partial charge in [0.1, 0.15) is 0 Å². The Morgan fingerprint density at radius 1 is 1.41 bits per heavy atom. The van der Waals surface area contributed by atoms with Crippen LogP contribution in [0.25, 0.3) is 0 Å². The van der Waals surface area contributed by atoms with E-state index in [4.69, 9.17) is 5.73 Å². The highest BCUT2D eigenvalue weighted by atomic mass is 15.1. The fourth-order valence-corrected chi connectivity index (χ4v) is 2.56. The molecular formula is C15H20N2. The predicted molar refractivity (Wildman–Crippen MR) is 73.1 cm³/mol. The number of anilines is 1. The molecule has 2 rings (SSSR count). The van der Waals surface area contributed by atoms with E-state index in [0.29, 0.717) is 5.92 Å². The summed E-state index contributed by atoms with van der Waals surface area (Å²) in [4.78, 5) is 2.44. The van der Waals surface area contributed by atoms with Gasteiger partial charge in [-0.3, -0.25) is 0 Å². The quantitative estimate of drug-likeness (QED) is 0.802. The second-order valence-electron chi connectivity index (χ2n) is 4.46. The molecule has 1 atom stereocenters. The van der Waals surface area contributed by atoms with Gasteiger partial charge in [0.2, 0.25) is 0 Å². The van der Waals surface area contributed by atoms with Crippen LogP contribution in [0.4, 0.5) is 5.69 Å². The van der Waals surface area contributed by atoms with Crippen molar-refractivity contribution in [3.8, 4) is 11.8 Å². The molecule has 0 saturated carbocycles. The summed E-state index contributed by atoms with van der Waals surface area (Å²) in [6.07, 6.45) is 2.02. The lowest BCUT2D eigenvalue weighted by molar-refractivity contribution is 0.646. The van der Waals surface area contributed by atoms with Gasteiger partial charge in [-0.05, 0) is 31.5 Å². The fraction of sp³-hybridized carbons (Fsp3) is 0.467. The molecular weight excluding hydrogens is 208 g/mol. The number of nitrogens with two attached hydrogens (primary N) is 1. The molecule has 2 nitrogen and oxygen atoms in total. The number of fused-ring (bicyclic) bond motifs is 1. The first-order valence-electron chi connectivity index (χ1n) is 6.30. The smallest absolute Gasteiger partial charge is 0.0402 e. The summed E-state index contributed by atoms with van der Waals surface area (Å²) in [6.45, 7) is 4.79. The lowest BCUT2D eigenvalue weighted by Crippen LogP contribution is -2.23. The van der Waals surface area contributed by atoms with Crippen LogP contribution >= 0.6 is 0 Å². The van der Waals surface area contributed by atoms with Gasteiger partial charge in [0, 0.05) is 31.1 Å². The predicted octanol–water partition coefficient (Wildman–Crippen LogP) is 2.35. The van der Waals surface area contributed by atoms with E-state index in [0.717, 1.165) is 32.5 Å². The van der Waals surface area contributed by atoms with E-state index < -0.39 is 0 Å². The van der Waals surface area contributed by atoms with Crippen molar-refractivity contribution < 1.29 is 0 Å². The minimum atomic E-state index is 0.603. The van der Waals surface area contributed by atoms with E-state index in [9.17, 15) is 0 Å². The number of hydrogen-bond acceptors (Lipinski definition) is 2. The maximum atomic E-state index is 5.69. The van der Waals surface area contributed by atoms with Crippen molar-refractivity contribution >= 4 is 5.69 Å². The number of nitrogens with zero attached hydrogens (tertiary/aromatic N) is 1. The van der Waals surface area contributed by atoms with E-state index in [1.807, 2.05) is 6.92 Å². The highest BCUT2D eigenvalue weighted by molar-refractivity contribution is 5.60. The fourth-order valence-electron chi connectivity index (χ4n) is 2.56. The topological polar surface area (TPSA) is 29.3 Å². The van der Waals surface area contributed by atoms with E-state index >= 15 is 0 Å². The van der Waals surface area contributed by atoms with Gasteiger partial charge in [0.15, 0.2) is 0 Å². The molecule has 1 heterocycles. The molecule has 0 saturated heterocycles. The van der Waals surface area contributed by atoms with E-state index in [2.05, 4.69) is 41.0 Å². The van der Waals surface area contributed by atoms with Crippen LogP contribution in [0.1, 0.15) is 31.2 Å². The Morgan fingerprint density at radius 2 is 2.24 bits per heavy atom. The van der Waals surface area contributed by atoms with Gasteiger partial charge in [0.05, 0.1) is 0 Å². The lowest BCUT2D eigenvalue weighted by Gasteiger charge is -2.18. The van der Waals surface area contributed by atoms with Crippen LogP contribution in [0.15, 0.2) is 24.3 Å². The molecule has 2 heteroatoms. The third-order valence-corrected chi connectivity index (χ3v) is 3.36. The van der Waals surface area contributed by atoms with Gasteiger partial charge >= 0.3 is 0 Å². The number of benzene rings is 1. The van der Waals surface area contributed by atoms with Gasteiger partial charge in [-0.15, -0.1) is 11.8 Å². The van der Waals surface area contributed by atoms with Crippen LogP contribution in [0.2, 0.25) is 0 Å². The summed E-state index contributed by atoms with van der Waals surface area (Å²) >= 11 is 0. The van der Waals surface area contributed by atoms with Crippen molar-refractivity contribution in [2.24, 2.45) is 5.73 Å². The average molecular weight is 228 g/mol. The molecule has 0 fully saturated rings. The normalized spacial score (nSPS) is 17.5. The van der Waals surface area contributed by atoms with Crippen molar-refractivity contribution in [2.75, 3.05) is 24.5 Å². The van der Waals surface area contributed by atoms with Crippen molar-refractivity contribution in [2.45, 2.75) is 25.7 Å². The maximum absolute atomic E-state index is 5.69. The SMILES string of the molecule is CC#CCCN1CC(CCN)c2ccccc21. The van der Waals surface area contributed by atoms with Crippen LogP contribution in [-0.2, 0) is 0 Å². The first kappa shape index (κ1) is 12.0. The van der Waals surface area contributed by atoms with Gasteiger partial charge < -0.3 is 10.6 Å². The number of rotatable bonds is 4. The van der Waals surface area contributed by atoms with Crippen LogP contribution in [0.3, 0.4) is 0 Å². The lowest BCUT2D eigenvalue weighted by atomic mass is 9.98. The Labute approximate surface area is 104 Å². The Morgan fingerprint density at radius 3 is 3.00 bits per heavy atom. The Hall–Kier alpha value is -1.46. The summed E-state index contributed by atoms with van der Waals surface area (Å²) in [5.41, 5.74) is 8.53. The number of para-hydroxylation sites is 1. The molecule has 1 aromatic carbocycles. The maximum Gasteiger partial charge on any atom is 0.0402 e. The van der Waals surface area contributed by atoms with Gasteiger partial charge in [-0.1, -0.05) is 18.2 Å². The third-order valence-electron chi connectivity index (χ3n) is 3.36. The van der Waals surface area contributed by atoms with E-state index in [1.165, 1.54) is 11.3 Å². The first-order valence-corrected chi connectivity index (χ1v) is 6.30. The Bertz CT molecular complexity index is 428. The van der Waals surface area contributed by atoms with Crippen molar-refractivity contribution in [3.05, 3.63) is 29.8 Å². The van der Waals surface area contributed by atoms with Crippen molar-refractivity contribution in [1.29, 1.82) is 0 Å². The van der Waals surface area contributed by atoms with Crippen molar-refractivity contribution in [3.63, 3.8) is 0 Å². The van der Waals surface area contributed by atoms with Crippen LogP contribution in [-0.4, -0.2) is 19.6 Å². The molecule has 0 amide bonds. The Kier molecular flexibility index (Phi) is 4.06. The molecule has 17 heavy (non-hydrogen) atoms. The van der Waals surface area contributed by atoms with Crippen LogP contribution in [0, 0.1) is 11.8 Å². The Balaban J connectivity index is 2.12. The third kappa shape index (κ3) is 2.62. The summed E-state index contributed by atoms with van der Waals surface area (Å²) in [7, 11) is 0. The molecule has 1 aliphatic heterocycles. The minimum absolute atomic E-state index is 0.603. The monoisotopic (exact) mass is 228 g/mol. The molecule has 0 bridgehead atoms. The molecule has 1 aliphatic rings. The summed E-state index contributed by atoms with van der Waals surface area (Å²) in [6, 6.07) is 8.69. The van der Waals surface area contributed by atoms with Gasteiger partial charge in [-0.25, -0.2) is 0 Å². The van der Waals surface area contributed by atoms with E-state index in [-0.39, 0.29) is 0 Å². The summed E-state index contributed by atoms with van der Waals surface area (Å²) in [5.74, 6) is 6.69. The van der Waals surface area contributed by atoms with E-state index in [1.54, 1.807) is 0 Å². The zero-order valence-corrected chi connectivity index (χ0v) is 10.4. The highest BCUT2D eigenvalue weighted by Gasteiger charge is 2.26. The molecule has 0 aliphatic carbocycles. The van der Waals surface area contributed by atoms with Gasteiger partial charge in [-0.2, -0.15) is 0 Å². The molecule has 90 valence electrons. The summed E-state index contributed by atoms with van der Waals surface area (Å²) < 4.78 is 0. The molecule has 0 aromatic heterocycles. The zero-order chi connectivity index (χ0) is 12.1. The highest BCUT2D eigenvalue weighted by Crippen LogP contribution is 2.37. The zero-order valence-electron chi connectivity index (χ0n) is 10.4. The van der Waals surface area contributed by atoms with Crippen LogP contribution < -0.4 is 10.6 Å². The van der Waals surface area contributed by atoms with Gasteiger partial charge in [0.25, 0.3) is 0 Å². The largest absolute Gasteiger partial charge is 0.370 e. The molecule has 1 unspecified atom stereocenters. The minimum Gasteiger partial charge on any atom is -0.370 e. The molecule has 1 aromatic rings. The number of hydrogen-bond donors (Lipinski definition) is 1. The molecule has 0 radical (unpaired) electrons. The van der Waals surface area contributed by atoms with Crippen molar-refractivity contribution in [1.82, 2.24) is 0 Å². The second kappa shape index (κ2) is 5.75. The summed E-state index contributed by atoms with van der Waals surface area (Å²) in [5, 5.41) is 0. The molecule has 2 N–H and O–H groups in total. The average Bonchev–Trinajstić information content (AvgIpc) is 2.70.